The molecule has 2 aliphatic heterocycles. The second-order valence-corrected chi connectivity index (χ2v) is 9.32. The summed E-state index contributed by atoms with van der Waals surface area (Å²) in [5.74, 6) is -1.85. The number of halogens is 5. The number of rotatable bonds is 6. The van der Waals surface area contributed by atoms with Crippen LogP contribution in [0.4, 0.5) is 28.9 Å². The number of carbonyl (C=O) groups is 2. The zero-order chi connectivity index (χ0) is 26.7. The van der Waals surface area contributed by atoms with Crippen molar-refractivity contribution in [2.24, 2.45) is 11.8 Å². The largest absolute Gasteiger partial charge is 0.573 e. The highest BCUT2D eigenvalue weighted by Gasteiger charge is 2.41. The Labute approximate surface area is 215 Å². The molecule has 2 aromatic carbocycles. The van der Waals surface area contributed by atoms with Gasteiger partial charge in [-0.05, 0) is 42.5 Å². The van der Waals surface area contributed by atoms with Crippen LogP contribution in [-0.4, -0.2) is 55.4 Å². The standard InChI is InChI=1S/C25H24ClF4N3O4/c1-14(34)31-21-9-20(26)22(37-25(28,29)30)8-15(21)2-7-23(35)33-10-16-12-36-13-17(11-33)24(16)32-19-5-3-18(27)4-6-19/h2-9,16-17,24,32H,10-13H2,1H3,(H,31,34)/b7-2+/t16-,17+,24?. The Bertz CT molecular complexity index is 1180. The maximum Gasteiger partial charge on any atom is 0.573 e. The number of amides is 2. The third kappa shape index (κ3) is 6.92. The second kappa shape index (κ2) is 11.0. The lowest BCUT2D eigenvalue weighted by molar-refractivity contribution is -0.274. The van der Waals surface area contributed by atoms with E-state index in [9.17, 15) is 27.2 Å². The first kappa shape index (κ1) is 26.7. The van der Waals surface area contributed by atoms with Crippen molar-refractivity contribution >= 4 is 40.9 Å². The maximum absolute atomic E-state index is 13.3. The fraction of sp³-hybridized carbons (Fsp3) is 0.360. The summed E-state index contributed by atoms with van der Waals surface area (Å²) in [4.78, 5) is 26.2. The number of hydrogen-bond acceptors (Lipinski definition) is 5. The van der Waals surface area contributed by atoms with E-state index in [4.69, 9.17) is 16.3 Å². The van der Waals surface area contributed by atoms with Gasteiger partial charge in [0.1, 0.15) is 11.6 Å². The van der Waals surface area contributed by atoms with Crippen molar-refractivity contribution in [3.05, 3.63) is 58.9 Å². The number of benzene rings is 2. The molecular formula is C25H24ClF4N3O4. The Hall–Kier alpha value is -3.31. The van der Waals surface area contributed by atoms with Gasteiger partial charge < -0.3 is 25.0 Å². The summed E-state index contributed by atoms with van der Waals surface area (Å²) in [6.45, 7) is 2.88. The van der Waals surface area contributed by atoms with Gasteiger partial charge in [0.2, 0.25) is 11.8 Å². The Morgan fingerprint density at radius 2 is 1.78 bits per heavy atom. The highest BCUT2D eigenvalue weighted by atomic mass is 35.5. The molecule has 2 amide bonds. The normalized spacial score (nSPS) is 21.6. The Morgan fingerprint density at radius 3 is 2.38 bits per heavy atom. The van der Waals surface area contributed by atoms with Crippen LogP contribution in [0.3, 0.4) is 0 Å². The predicted octanol–water partition coefficient (Wildman–Crippen LogP) is 4.93. The average molecular weight is 542 g/mol. The zero-order valence-electron chi connectivity index (χ0n) is 19.6. The summed E-state index contributed by atoms with van der Waals surface area (Å²) in [7, 11) is 0. The number of nitrogens with one attached hydrogen (secondary N) is 2. The van der Waals surface area contributed by atoms with E-state index >= 15 is 0 Å². The van der Waals surface area contributed by atoms with Crippen molar-refractivity contribution in [1.82, 2.24) is 4.90 Å². The molecule has 2 aliphatic rings. The Morgan fingerprint density at radius 1 is 1.14 bits per heavy atom. The summed E-state index contributed by atoms with van der Waals surface area (Å²) in [6, 6.07) is 8.21. The second-order valence-electron chi connectivity index (χ2n) is 8.91. The van der Waals surface area contributed by atoms with E-state index in [-0.39, 0.29) is 45.9 Å². The van der Waals surface area contributed by atoms with Gasteiger partial charge in [-0.3, -0.25) is 9.59 Å². The first-order chi connectivity index (χ1) is 17.5. The van der Waals surface area contributed by atoms with Crippen LogP contribution in [0.2, 0.25) is 5.02 Å². The molecule has 2 saturated heterocycles. The van der Waals surface area contributed by atoms with Crippen molar-refractivity contribution < 1.29 is 36.6 Å². The van der Waals surface area contributed by atoms with Crippen LogP contribution in [-0.2, 0) is 14.3 Å². The summed E-state index contributed by atoms with van der Waals surface area (Å²) in [6.07, 6.45) is -2.43. The number of anilines is 2. The van der Waals surface area contributed by atoms with Crippen molar-refractivity contribution in [3.63, 3.8) is 0 Å². The molecule has 7 nitrogen and oxygen atoms in total. The topological polar surface area (TPSA) is 79.9 Å². The highest BCUT2D eigenvalue weighted by molar-refractivity contribution is 6.32. The molecule has 2 fully saturated rings. The number of piperidine rings is 1. The lowest BCUT2D eigenvalue weighted by atomic mass is 9.82. The zero-order valence-corrected chi connectivity index (χ0v) is 20.4. The van der Waals surface area contributed by atoms with Crippen LogP contribution >= 0.6 is 11.6 Å². The number of ether oxygens (including phenoxy) is 2. The summed E-state index contributed by atoms with van der Waals surface area (Å²) in [5.41, 5.74) is 1.01. The smallest absolute Gasteiger partial charge is 0.404 e. The molecule has 0 radical (unpaired) electrons. The van der Waals surface area contributed by atoms with Gasteiger partial charge in [0.05, 0.1) is 18.2 Å². The predicted molar refractivity (Wildman–Crippen MR) is 130 cm³/mol. The highest BCUT2D eigenvalue weighted by Crippen LogP contribution is 2.36. The molecule has 37 heavy (non-hydrogen) atoms. The maximum atomic E-state index is 13.3. The van der Waals surface area contributed by atoms with Gasteiger partial charge in [0.25, 0.3) is 0 Å². The Kier molecular flexibility index (Phi) is 7.93. The number of alkyl halides is 3. The van der Waals surface area contributed by atoms with Gasteiger partial charge in [-0.2, -0.15) is 0 Å². The van der Waals surface area contributed by atoms with E-state index < -0.39 is 18.0 Å². The molecule has 0 spiro atoms. The third-order valence-electron chi connectivity index (χ3n) is 6.12. The third-order valence-corrected chi connectivity index (χ3v) is 6.42. The van der Waals surface area contributed by atoms with Crippen molar-refractivity contribution in [3.8, 4) is 5.75 Å². The fourth-order valence-electron chi connectivity index (χ4n) is 4.56. The van der Waals surface area contributed by atoms with Gasteiger partial charge in [0.15, 0.2) is 0 Å². The molecule has 0 saturated carbocycles. The van der Waals surface area contributed by atoms with Gasteiger partial charge in [-0.15, -0.1) is 13.2 Å². The van der Waals surface area contributed by atoms with Crippen molar-refractivity contribution in [2.45, 2.75) is 19.3 Å². The summed E-state index contributed by atoms with van der Waals surface area (Å²) in [5, 5.41) is 5.56. The molecule has 2 aromatic rings. The van der Waals surface area contributed by atoms with E-state index in [1.54, 1.807) is 17.0 Å². The van der Waals surface area contributed by atoms with Crippen LogP contribution in [0.1, 0.15) is 12.5 Å². The van der Waals surface area contributed by atoms with Crippen LogP contribution in [0.25, 0.3) is 6.08 Å². The van der Waals surface area contributed by atoms with E-state index in [1.165, 1.54) is 31.2 Å². The average Bonchev–Trinajstić information content (AvgIpc) is 2.80. The quantitative estimate of drug-likeness (QED) is 0.400. The number of nitrogens with zero attached hydrogens (tertiary/aromatic N) is 1. The molecule has 12 heteroatoms. The van der Waals surface area contributed by atoms with E-state index in [0.717, 1.165) is 17.8 Å². The van der Waals surface area contributed by atoms with Crippen LogP contribution in [0.15, 0.2) is 42.5 Å². The minimum absolute atomic E-state index is 0.0211. The molecular weight excluding hydrogens is 518 g/mol. The fourth-order valence-corrected chi connectivity index (χ4v) is 4.77. The van der Waals surface area contributed by atoms with E-state index in [2.05, 4.69) is 15.4 Å². The molecule has 2 bridgehead atoms. The first-order valence-electron chi connectivity index (χ1n) is 11.4. The SMILES string of the molecule is CC(=O)Nc1cc(Cl)c(OC(F)(F)F)cc1/C=C/C(=O)N1C[C@H]2COC[C@@H](C1)C2Nc1ccc(F)cc1. The minimum atomic E-state index is -4.97. The molecule has 198 valence electrons. The lowest BCUT2D eigenvalue weighted by Gasteiger charge is -2.47. The van der Waals surface area contributed by atoms with E-state index in [1.807, 2.05) is 0 Å². The Balaban J connectivity index is 1.50. The minimum Gasteiger partial charge on any atom is -0.404 e. The molecule has 2 N–H and O–H groups in total. The lowest BCUT2D eigenvalue weighted by Crippen LogP contribution is -2.59. The van der Waals surface area contributed by atoms with Gasteiger partial charge in [-0.1, -0.05) is 11.6 Å². The number of likely N-dealkylation sites (tertiary alicyclic amines) is 1. The van der Waals surface area contributed by atoms with Crippen molar-refractivity contribution in [2.75, 3.05) is 36.9 Å². The summed E-state index contributed by atoms with van der Waals surface area (Å²) >= 11 is 5.90. The van der Waals surface area contributed by atoms with Crippen LogP contribution < -0.4 is 15.4 Å². The number of carbonyl (C=O) groups excluding carboxylic acids is 2. The molecule has 0 aliphatic carbocycles. The summed E-state index contributed by atoms with van der Waals surface area (Å²) < 4.78 is 61.2. The van der Waals surface area contributed by atoms with Crippen LogP contribution in [0.5, 0.6) is 5.75 Å². The molecule has 0 aromatic heterocycles. The van der Waals surface area contributed by atoms with Gasteiger partial charge in [-0.25, -0.2) is 4.39 Å². The van der Waals surface area contributed by atoms with Crippen molar-refractivity contribution in [1.29, 1.82) is 0 Å². The van der Waals surface area contributed by atoms with Gasteiger partial charge >= 0.3 is 6.36 Å². The number of hydrogen-bond donors (Lipinski definition) is 2. The van der Waals surface area contributed by atoms with Gasteiger partial charge in [0, 0.05) is 60.9 Å². The number of fused-ring (bicyclic) bond motifs is 2. The van der Waals surface area contributed by atoms with Crippen LogP contribution in [0, 0.1) is 17.7 Å². The first-order valence-corrected chi connectivity index (χ1v) is 11.8. The molecule has 4 rings (SSSR count). The molecule has 1 unspecified atom stereocenters. The monoisotopic (exact) mass is 541 g/mol. The van der Waals surface area contributed by atoms with E-state index in [0.29, 0.717) is 26.3 Å². The molecule has 2 heterocycles. The molecule has 3 atom stereocenters.